The second-order valence-electron chi connectivity index (χ2n) is 7.55. The van der Waals surface area contributed by atoms with Gasteiger partial charge in [-0.05, 0) is 69.9 Å². The quantitative estimate of drug-likeness (QED) is 0.559. The molecule has 0 aromatic heterocycles. The van der Waals surface area contributed by atoms with E-state index in [1.165, 1.54) is 10.6 Å². The lowest BCUT2D eigenvalue weighted by molar-refractivity contribution is -0.127. The number of rotatable bonds is 6. The maximum Gasteiger partial charge on any atom is 0.272 e. The van der Waals surface area contributed by atoms with Crippen molar-refractivity contribution in [2.75, 3.05) is 0 Å². The highest BCUT2D eigenvalue weighted by Crippen LogP contribution is 2.17. The first kappa shape index (κ1) is 21.0. The fraction of sp³-hybridized carbons (Fsp3) is 0.364. The van der Waals surface area contributed by atoms with E-state index in [2.05, 4.69) is 17.6 Å². The van der Waals surface area contributed by atoms with Gasteiger partial charge in [0, 0.05) is 17.0 Å². The molecule has 1 N–H and O–H groups in total. The molecule has 4 nitrogen and oxygen atoms in total. The number of hydrogen-bond acceptors (Lipinski definition) is 2. The summed E-state index contributed by atoms with van der Waals surface area (Å²) in [6.45, 7) is 5.66. The summed E-state index contributed by atoms with van der Waals surface area (Å²) in [7, 11) is 0. The normalized spacial score (nSPS) is 11.1. The zero-order valence-corrected chi connectivity index (χ0v) is 16.9. The van der Waals surface area contributed by atoms with E-state index in [9.17, 15) is 9.59 Å². The topological polar surface area (TPSA) is 49.4 Å². The van der Waals surface area contributed by atoms with Crippen LogP contribution in [-0.4, -0.2) is 22.4 Å². The lowest BCUT2D eigenvalue weighted by Gasteiger charge is -2.35. The molecule has 0 fully saturated rings. The molecule has 2 aromatic rings. The molecule has 2 aromatic carbocycles. The van der Waals surface area contributed by atoms with E-state index in [1.54, 1.807) is 24.3 Å². The molecule has 2 amide bonds. The molecule has 0 aliphatic carbocycles. The molecule has 2 rings (SSSR count). The lowest BCUT2D eigenvalue weighted by Crippen LogP contribution is -2.55. The van der Waals surface area contributed by atoms with Crippen molar-refractivity contribution in [3.8, 4) is 0 Å². The highest BCUT2D eigenvalue weighted by Gasteiger charge is 2.29. The fourth-order valence-electron chi connectivity index (χ4n) is 2.68. The number of hydrazine groups is 1. The van der Waals surface area contributed by atoms with Gasteiger partial charge in [0.2, 0.25) is 5.91 Å². The minimum atomic E-state index is -0.545. The SMILES string of the molecule is CC(C)(C)N(NC(=O)CCCCc1ccccc1)C(=O)c1ccc(Cl)cc1. The molecule has 0 bridgehead atoms. The van der Waals surface area contributed by atoms with Crippen molar-refractivity contribution in [2.45, 2.75) is 52.0 Å². The van der Waals surface area contributed by atoms with Crippen LogP contribution in [0.3, 0.4) is 0 Å². The van der Waals surface area contributed by atoms with Crippen molar-refractivity contribution in [1.29, 1.82) is 0 Å². The Hall–Kier alpha value is -2.33. The number of unbranched alkanes of at least 4 members (excludes halogenated alkanes) is 1. The van der Waals surface area contributed by atoms with Gasteiger partial charge in [0.1, 0.15) is 0 Å². The number of benzene rings is 2. The highest BCUT2D eigenvalue weighted by molar-refractivity contribution is 6.30. The number of nitrogens with zero attached hydrogens (tertiary/aromatic N) is 1. The zero-order valence-electron chi connectivity index (χ0n) is 16.2. The van der Waals surface area contributed by atoms with E-state index in [4.69, 9.17) is 11.6 Å². The molecule has 0 saturated heterocycles. The van der Waals surface area contributed by atoms with Crippen LogP contribution in [-0.2, 0) is 11.2 Å². The number of carbonyl (C=O) groups is 2. The first-order valence-corrected chi connectivity index (χ1v) is 9.59. The van der Waals surface area contributed by atoms with Gasteiger partial charge < -0.3 is 0 Å². The third-order valence-electron chi connectivity index (χ3n) is 4.16. The van der Waals surface area contributed by atoms with E-state index in [1.807, 2.05) is 39.0 Å². The van der Waals surface area contributed by atoms with Gasteiger partial charge in [-0.3, -0.25) is 15.0 Å². The molecule has 0 saturated carbocycles. The van der Waals surface area contributed by atoms with Gasteiger partial charge in [0.25, 0.3) is 5.91 Å². The molecule has 0 radical (unpaired) electrons. The molecule has 0 aliphatic heterocycles. The molecule has 0 heterocycles. The van der Waals surface area contributed by atoms with Crippen LogP contribution in [0.25, 0.3) is 0 Å². The predicted molar refractivity (Wildman–Crippen MR) is 110 cm³/mol. The van der Waals surface area contributed by atoms with Crippen LogP contribution >= 0.6 is 11.6 Å². The Morgan fingerprint density at radius 1 is 0.963 bits per heavy atom. The first-order chi connectivity index (χ1) is 12.8. The predicted octanol–water partition coefficient (Wildman–Crippen LogP) is 5.02. The molecular weight excluding hydrogens is 360 g/mol. The molecule has 0 aliphatic rings. The third-order valence-corrected chi connectivity index (χ3v) is 4.42. The molecule has 0 unspecified atom stereocenters. The van der Waals surface area contributed by atoms with E-state index in [-0.39, 0.29) is 11.8 Å². The van der Waals surface area contributed by atoms with Gasteiger partial charge in [0.05, 0.1) is 5.54 Å². The van der Waals surface area contributed by atoms with Crippen molar-refractivity contribution in [2.24, 2.45) is 0 Å². The van der Waals surface area contributed by atoms with Gasteiger partial charge in [-0.15, -0.1) is 0 Å². The van der Waals surface area contributed by atoms with Crippen LogP contribution in [0.15, 0.2) is 54.6 Å². The van der Waals surface area contributed by atoms with Crippen LogP contribution in [0.4, 0.5) is 0 Å². The summed E-state index contributed by atoms with van der Waals surface area (Å²) in [5.74, 6) is -0.405. The number of halogens is 1. The van der Waals surface area contributed by atoms with E-state index in [0.717, 1.165) is 19.3 Å². The van der Waals surface area contributed by atoms with Crippen LogP contribution in [0.5, 0.6) is 0 Å². The summed E-state index contributed by atoms with van der Waals surface area (Å²) < 4.78 is 0. The second kappa shape index (κ2) is 9.56. The largest absolute Gasteiger partial charge is 0.273 e. The third kappa shape index (κ3) is 6.72. The average Bonchev–Trinajstić information content (AvgIpc) is 2.63. The van der Waals surface area contributed by atoms with Gasteiger partial charge >= 0.3 is 0 Å². The number of carbonyl (C=O) groups excluding carboxylic acids is 2. The number of aryl methyl sites for hydroxylation is 1. The molecule has 5 heteroatoms. The van der Waals surface area contributed by atoms with Crippen LogP contribution in [0.2, 0.25) is 5.02 Å². The van der Waals surface area contributed by atoms with Crippen molar-refractivity contribution in [1.82, 2.24) is 10.4 Å². The Bertz CT molecular complexity index is 752. The minimum Gasteiger partial charge on any atom is -0.273 e. The summed E-state index contributed by atoms with van der Waals surface area (Å²) >= 11 is 5.89. The number of hydrogen-bond donors (Lipinski definition) is 1. The Balaban J connectivity index is 1.90. The molecule has 0 spiro atoms. The van der Waals surface area contributed by atoms with Crippen molar-refractivity contribution in [3.05, 3.63) is 70.7 Å². The first-order valence-electron chi connectivity index (χ1n) is 9.21. The van der Waals surface area contributed by atoms with E-state index >= 15 is 0 Å². The van der Waals surface area contributed by atoms with Crippen molar-refractivity contribution in [3.63, 3.8) is 0 Å². The molecular formula is C22H27ClN2O2. The molecule has 144 valence electrons. The average molecular weight is 387 g/mol. The Labute approximate surface area is 166 Å². The molecule has 0 atom stereocenters. The lowest BCUT2D eigenvalue weighted by atomic mass is 10.1. The fourth-order valence-corrected chi connectivity index (χ4v) is 2.81. The summed E-state index contributed by atoms with van der Waals surface area (Å²) in [4.78, 5) is 25.2. The van der Waals surface area contributed by atoms with Gasteiger partial charge in [-0.25, -0.2) is 5.01 Å². The monoisotopic (exact) mass is 386 g/mol. The highest BCUT2D eigenvalue weighted by atomic mass is 35.5. The standard InChI is InChI=1S/C22H27ClN2O2/c1-22(2,3)25(21(27)18-13-15-19(23)16-14-18)24-20(26)12-8-7-11-17-9-5-4-6-10-17/h4-6,9-10,13-16H,7-8,11-12H2,1-3H3,(H,24,26). The van der Waals surface area contributed by atoms with Crippen LogP contribution in [0, 0.1) is 0 Å². The van der Waals surface area contributed by atoms with E-state index < -0.39 is 5.54 Å². The van der Waals surface area contributed by atoms with Crippen molar-refractivity contribution >= 4 is 23.4 Å². The summed E-state index contributed by atoms with van der Waals surface area (Å²) in [5.41, 5.74) is 3.99. The minimum absolute atomic E-state index is 0.152. The summed E-state index contributed by atoms with van der Waals surface area (Å²) in [5, 5.41) is 1.96. The Kier molecular flexibility index (Phi) is 7.43. The Morgan fingerprint density at radius 3 is 2.19 bits per heavy atom. The summed E-state index contributed by atoms with van der Waals surface area (Å²) in [6.07, 6.45) is 3.03. The maximum atomic E-state index is 12.8. The van der Waals surface area contributed by atoms with Crippen molar-refractivity contribution < 1.29 is 9.59 Å². The van der Waals surface area contributed by atoms with Gasteiger partial charge in [-0.2, -0.15) is 0 Å². The number of amides is 2. The van der Waals surface area contributed by atoms with Gasteiger partial charge in [0.15, 0.2) is 0 Å². The Morgan fingerprint density at radius 2 is 1.59 bits per heavy atom. The number of nitrogens with one attached hydrogen (secondary N) is 1. The second-order valence-corrected chi connectivity index (χ2v) is 7.98. The van der Waals surface area contributed by atoms with E-state index in [0.29, 0.717) is 17.0 Å². The zero-order chi connectivity index (χ0) is 19.9. The van der Waals surface area contributed by atoms with Crippen LogP contribution in [0.1, 0.15) is 56.0 Å². The van der Waals surface area contributed by atoms with Crippen LogP contribution < -0.4 is 5.43 Å². The smallest absolute Gasteiger partial charge is 0.272 e. The molecule has 27 heavy (non-hydrogen) atoms. The maximum absolute atomic E-state index is 12.8. The summed E-state index contributed by atoms with van der Waals surface area (Å²) in [6, 6.07) is 16.9. The van der Waals surface area contributed by atoms with Gasteiger partial charge in [-0.1, -0.05) is 41.9 Å².